The van der Waals surface area contributed by atoms with E-state index in [1.807, 2.05) is 0 Å². The van der Waals surface area contributed by atoms with Gasteiger partial charge in [0.15, 0.2) is 0 Å². The predicted octanol–water partition coefficient (Wildman–Crippen LogP) is 2.88. The molecule has 1 aliphatic heterocycles. The molecule has 1 aromatic carbocycles. The highest BCUT2D eigenvalue weighted by Gasteiger charge is 2.27. The van der Waals surface area contributed by atoms with Crippen molar-refractivity contribution < 1.29 is 0 Å². The Balaban J connectivity index is 1.78. The third-order valence-corrected chi connectivity index (χ3v) is 4.52. The van der Waals surface area contributed by atoms with E-state index in [0.29, 0.717) is 0 Å². The summed E-state index contributed by atoms with van der Waals surface area (Å²) in [4.78, 5) is 2.67. The minimum Gasteiger partial charge on any atom is -0.368 e. The first-order valence-electron chi connectivity index (χ1n) is 7.47. The number of benzene rings is 1. The van der Waals surface area contributed by atoms with Crippen molar-refractivity contribution in [1.82, 2.24) is 0 Å². The molecule has 3 rings (SSSR count). The van der Waals surface area contributed by atoms with Gasteiger partial charge < -0.3 is 10.6 Å². The Morgan fingerprint density at radius 1 is 1.17 bits per heavy atom. The molecular weight excluding hydrogens is 220 g/mol. The first kappa shape index (κ1) is 12.0. The number of anilines is 1. The summed E-state index contributed by atoms with van der Waals surface area (Å²) >= 11 is 0. The van der Waals surface area contributed by atoms with Crippen molar-refractivity contribution in [3.8, 4) is 0 Å². The highest BCUT2D eigenvalue weighted by molar-refractivity contribution is 5.60. The molecule has 2 N–H and O–H groups in total. The van der Waals surface area contributed by atoms with Crippen molar-refractivity contribution in [2.75, 3.05) is 18.0 Å². The molecule has 0 unspecified atom stereocenters. The lowest BCUT2D eigenvalue weighted by Crippen LogP contribution is -2.35. The normalized spacial score (nSPS) is 20.2. The average Bonchev–Trinajstić information content (AvgIpc) is 2.83. The van der Waals surface area contributed by atoms with Crippen LogP contribution in [0, 0.1) is 0 Å². The van der Waals surface area contributed by atoms with Crippen LogP contribution in [0.3, 0.4) is 0 Å². The SMILES string of the molecule is NCCc1ccc2c(c1)CCN2C1CCCCC1. The molecule has 2 aliphatic rings. The van der Waals surface area contributed by atoms with Crippen molar-refractivity contribution >= 4 is 5.69 Å². The maximum absolute atomic E-state index is 5.64. The van der Waals surface area contributed by atoms with Gasteiger partial charge in [-0.3, -0.25) is 0 Å². The van der Waals surface area contributed by atoms with Crippen LogP contribution in [0.5, 0.6) is 0 Å². The number of hydrogen-bond donors (Lipinski definition) is 1. The minimum absolute atomic E-state index is 0.755. The van der Waals surface area contributed by atoms with E-state index < -0.39 is 0 Å². The van der Waals surface area contributed by atoms with Gasteiger partial charge in [-0.2, -0.15) is 0 Å². The van der Waals surface area contributed by atoms with Crippen molar-refractivity contribution in [3.63, 3.8) is 0 Å². The maximum Gasteiger partial charge on any atom is 0.0402 e. The van der Waals surface area contributed by atoms with Gasteiger partial charge in [0.2, 0.25) is 0 Å². The van der Waals surface area contributed by atoms with Gasteiger partial charge >= 0.3 is 0 Å². The Morgan fingerprint density at radius 2 is 2.00 bits per heavy atom. The van der Waals surface area contributed by atoms with E-state index >= 15 is 0 Å². The molecule has 1 aromatic rings. The van der Waals surface area contributed by atoms with Gasteiger partial charge in [0.05, 0.1) is 0 Å². The van der Waals surface area contributed by atoms with Crippen molar-refractivity contribution in [1.29, 1.82) is 0 Å². The fraction of sp³-hybridized carbons (Fsp3) is 0.625. The quantitative estimate of drug-likeness (QED) is 0.886. The highest BCUT2D eigenvalue weighted by atomic mass is 15.2. The van der Waals surface area contributed by atoms with Crippen molar-refractivity contribution in [3.05, 3.63) is 29.3 Å². The third-order valence-electron chi connectivity index (χ3n) is 4.52. The summed E-state index contributed by atoms with van der Waals surface area (Å²) in [6.45, 7) is 1.98. The van der Waals surface area contributed by atoms with Crippen LogP contribution in [0.25, 0.3) is 0 Å². The van der Waals surface area contributed by atoms with Crippen LogP contribution >= 0.6 is 0 Å². The first-order valence-corrected chi connectivity index (χ1v) is 7.47. The van der Waals surface area contributed by atoms with Gasteiger partial charge in [-0.05, 0) is 49.4 Å². The van der Waals surface area contributed by atoms with Crippen LogP contribution in [0.15, 0.2) is 18.2 Å². The zero-order valence-electron chi connectivity index (χ0n) is 11.2. The van der Waals surface area contributed by atoms with Crippen LogP contribution < -0.4 is 10.6 Å². The van der Waals surface area contributed by atoms with Crippen molar-refractivity contribution in [2.24, 2.45) is 5.73 Å². The Morgan fingerprint density at radius 3 is 2.78 bits per heavy atom. The topological polar surface area (TPSA) is 29.3 Å². The van der Waals surface area contributed by atoms with Crippen molar-refractivity contribution in [2.45, 2.75) is 51.0 Å². The van der Waals surface area contributed by atoms with Gasteiger partial charge in [0, 0.05) is 18.3 Å². The highest BCUT2D eigenvalue weighted by Crippen LogP contribution is 2.34. The molecule has 0 saturated heterocycles. The summed E-state index contributed by atoms with van der Waals surface area (Å²) in [5.74, 6) is 0. The second-order valence-corrected chi connectivity index (χ2v) is 5.74. The standard InChI is InChI=1S/C16H24N2/c17-10-8-13-6-7-16-14(12-13)9-11-18(16)15-4-2-1-3-5-15/h6-7,12,15H,1-5,8-11,17H2. The second kappa shape index (κ2) is 5.31. The van der Waals surface area contributed by atoms with Gasteiger partial charge in [-0.15, -0.1) is 0 Å². The number of nitrogens with two attached hydrogens (primary N) is 1. The van der Waals surface area contributed by atoms with Crippen LogP contribution in [0.1, 0.15) is 43.2 Å². The molecule has 1 saturated carbocycles. The minimum atomic E-state index is 0.755. The fourth-order valence-corrected chi connectivity index (χ4v) is 3.57. The molecule has 0 spiro atoms. The molecule has 1 aliphatic carbocycles. The van der Waals surface area contributed by atoms with Gasteiger partial charge in [0.1, 0.15) is 0 Å². The molecule has 0 aromatic heterocycles. The summed E-state index contributed by atoms with van der Waals surface area (Å²) in [6.07, 6.45) is 9.30. The van der Waals surface area contributed by atoms with E-state index in [9.17, 15) is 0 Å². The zero-order chi connectivity index (χ0) is 12.4. The maximum atomic E-state index is 5.64. The number of fused-ring (bicyclic) bond motifs is 1. The number of nitrogens with zero attached hydrogens (tertiary/aromatic N) is 1. The lowest BCUT2D eigenvalue weighted by Gasteiger charge is -2.33. The molecule has 0 atom stereocenters. The Bertz CT molecular complexity index is 408. The molecule has 2 heteroatoms. The van der Waals surface area contributed by atoms with Crippen LogP contribution in [-0.2, 0) is 12.8 Å². The molecule has 0 bridgehead atoms. The van der Waals surface area contributed by atoms with Gasteiger partial charge in [-0.1, -0.05) is 31.4 Å². The van der Waals surface area contributed by atoms with E-state index in [2.05, 4.69) is 23.1 Å². The molecule has 1 heterocycles. The first-order chi connectivity index (χ1) is 8.88. The van der Waals surface area contributed by atoms with E-state index in [-0.39, 0.29) is 0 Å². The van der Waals surface area contributed by atoms with E-state index in [1.165, 1.54) is 56.3 Å². The second-order valence-electron chi connectivity index (χ2n) is 5.74. The summed E-state index contributed by atoms with van der Waals surface area (Å²) in [5, 5.41) is 0. The van der Waals surface area contributed by atoms with E-state index in [0.717, 1.165) is 19.0 Å². The molecule has 2 nitrogen and oxygen atoms in total. The van der Waals surface area contributed by atoms with Gasteiger partial charge in [-0.25, -0.2) is 0 Å². The third kappa shape index (κ3) is 2.26. The van der Waals surface area contributed by atoms with E-state index in [1.54, 1.807) is 5.56 Å². The number of hydrogen-bond acceptors (Lipinski definition) is 2. The predicted molar refractivity (Wildman–Crippen MR) is 77.1 cm³/mol. The largest absolute Gasteiger partial charge is 0.368 e. The smallest absolute Gasteiger partial charge is 0.0402 e. The van der Waals surface area contributed by atoms with Crippen LogP contribution in [0.4, 0.5) is 5.69 Å². The van der Waals surface area contributed by atoms with E-state index in [4.69, 9.17) is 5.73 Å². The lowest BCUT2D eigenvalue weighted by molar-refractivity contribution is 0.420. The lowest BCUT2D eigenvalue weighted by atomic mass is 9.94. The summed E-state index contributed by atoms with van der Waals surface area (Å²) in [5.41, 5.74) is 10.1. The molecule has 18 heavy (non-hydrogen) atoms. The van der Waals surface area contributed by atoms with Crippen LogP contribution in [-0.4, -0.2) is 19.1 Å². The van der Waals surface area contributed by atoms with Crippen LogP contribution in [0.2, 0.25) is 0 Å². The monoisotopic (exact) mass is 244 g/mol. The van der Waals surface area contributed by atoms with Gasteiger partial charge in [0.25, 0.3) is 0 Å². The molecule has 0 radical (unpaired) electrons. The molecular formula is C16H24N2. The summed E-state index contributed by atoms with van der Waals surface area (Å²) < 4.78 is 0. The summed E-state index contributed by atoms with van der Waals surface area (Å²) in [6, 6.07) is 7.79. The molecule has 0 amide bonds. The Hall–Kier alpha value is -1.02. The fourth-order valence-electron chi connectivity index (χ4n) is 3.57. The summed E-state index contributed by atoms with van der Waals surface area (Å²) in [7, 11) is 0. The molecule has 1 fully saturated rings. The zero-order valence-corrected chi connectivity index (χ0v) is 11.2. The Kier molecular flexibility index (Phi) is 3.55. The molecule has 98 valence electrons. The Labute approximate surface area is 110 Å². The average molecular weight is 244 g/mol. The number of rotatable bonds is 3.